The van der Waals surface area contributed by atoms with Crippen LogP contribution in [0.5, 0.6) is 0 Å². The van der Waals surface area contributed by atoms with Crippen LogP contribution in [0.15, 0.2) is 16.6 Å². The molecule has 0 saturated heterocycles. The quantitative estimate of drug-likeness (QED) is 0.779. The summed E-state index contributed by atoms with van der Waals surface area (Å²) >= 11 is 14.7. The Kier molecular flexibility index (Phi) is 4.72. The Balaban J connectivity index is 2.27. The van der Waals surface area contributed by atoms with Gasteiger partial charge in [-0.15, -0.1) is 0 Å². The first kappa shape index (κ1) is 15.7. The third-order valence-corrected chi connectivity index (χ3v) is 5.31. The second-order valence-corrected chi connectivity index (χ2v) is 6.89. The molecule has 108 valence electrons. The number of rotatable bonds is 3. The molecule has 20 heavy (non-hydrogen) atoms. The topological polar surface area (TPSA) is 55.1 Å². The van der Waals surface area contributed by atoms with Crippen LogP contribution >= 0.6 is 39.7 Å². The Morgan fingerprint density at radius 3 is 2.60 bits per heavy atom. The Morgan fingerprint density at radius 1 is 1.45 bits per heavy atom. The average molecular weight is 376 g/mol. The highest BCUT2D eigenvalue weighted by atomic mass is 79.9. The molecule has 0 unspecified atom stereocenters. The molecule has 0 atom stereocenters. The van der Waals surface area contributed by atoms with Gasteiger partial charge in [0.2, 0.25) is 5.91 Å². The Morgan fingerprint density at radius 2 is 2.05 bits per heavy atom. The molecule has 1 aromatic carbocycles. The normalized spacial score (nSPS) is 16.9. The second-order valence-electron chi connectivity index (χ2n) is 5.19. The van der Waals surface area contributed by atoms with E-state index in [-0.39, 0.29) is 10.9 Å². The van der Waals surface area contributed by atoms with E-state index in [1.54, 1.807) is 6.07 Å². The molecule has 2 rings (SSSR count). The molecule has 0 aliphatic heterocycles. The van der Waals surface area contributed by atoms with Crippen LogP contribution in [-0.4, -0.2) is 10.9 Å². The molecule has 3 nitrogen and oxygen atoms in total. The first-order valence-electron chi connectivity index (χ1n) is 6.44. The molecule has 0 bridgehead atoms. The van der Waals surface area contributed by atoms with Crippen molar-refractivity contribution in [2.45, 2.75) is 32.6 Å². The van der Waals surface area contributed by atoms with E-state index < -0.39 is 5.41 Å². The minimum Gasteiger partial charge on any atom is -0.392 e. The highest BCUT2D eigenvalue weighted by molar-refractivity contribution is 9.10. The van der Waals surface area contributed by atoms with E-state index in [9.17, 15) is 4.79 Å². The van der Waals surface area contributed by atoms with Crippen LogP contribution in [0.1, 0.15) is 31.2 Å². The number of carbonyl (C=O) groups is 1. The largest absolute Gasteiger partial charge is 0.392 e. The van der Waals surface area contributed by atoms with Crippen LogP contribution in [0.3, 0.4) is 0 Å². The van der Waals surface area contributed by atoms with Crippen LogP contribution in [0, 0.1) is 12.3 Å². The minimum absolute atomic E-state index is 0.136. The molecule has 0 spiro atoms. The average Bonchev–Trinajstić information content (AvgIpc) is 2.86. The van der Waals surface area contributed by atoms with Crippen molar-refractivity contribution in [1.29, 1.82) is 0 Å². The van der Waals surface area contributed by atoms with Gasteiger partial charge in [-0.3, -0.25) is 4.79 Å². The van der Waals surface area contributed by atoms with Gasteiger partial charge in [-0.2, -0.15) is 0 Å². The van der Waals surface area contributed by atoms with Crippen molar-refractivity contribution in [2.24, 2.45) is 11.1 Å². The van der Waals surface area contributed by atoms with Gasteiger partial charge < -0.3 is 11.1 Å². The fourth-order valence-electron chi connectivity index (χ4n) is 2.55. The van der Waals surface area contributed by atoms with Crippen LogP contribution in [0.4, 0.5) is 5.69 Å². The standard InChI is InChI=1S/C14H16BrClN2OS/c1-8-6-9(15)11(7-10(8)16)18-13(19)14(12(17)20)4-2-3-5-14/h6-7H,2-5H2,1H3,(H2,17,20)(H,18,19). The Bertz CT molecular complexity index is 571. The summed E-state index contributed by atoms with van der Waals surface area (Å²) < 4.78 is 0.795. The molecule has 0 heterocycles. The zero-order valence-electron chi connectivity index (χ0n) is 11.1. The monoisotopic (exact) mass is 374 g/mol. The number of hydrogen-bond donors (Lipinski definition) is 2. The maximum atomic E-state index is 12.6. The lowest BCUT2D eigenvalue weighted by Gasteiger charge is -2.26. The zero-order chi connectivity index (χ0) is 14.9. The maximum Gasteiger partial charge on any atom is 0.237 e. The van der Waals surface area contributed by atoms with Crippen molar-refractivity contribution >= 4 is 56.3 Å². The van der Waals surface area contributed by atoms with E-state index in [1.807, 2.05) is 13.0 Å². The lowest BCUT2D eigenvalue weighted by molar-refractivity contribution is -0.122. The number of aryl methyl sites for hydroxylation is 1. The lowest BCUT2D eigenvalue weighted by Crippen LogP contribution is -2.44. The van der Waals surface area contributed by atoms with Gasteiger partial charge in [-0.05, 0) is 53.4 Å². The summed E-state index contributed by atoms with van der Waals surface area (Å²) in [6, 6.07) is 3.61. The van der Waals surface area contributed by atoms with E-state index in [0.717, 1.165) is 22.9 Å². The molecule has 1 aromatic rings. The van der Waals surface area contributed by atoms with Gasteiger partial charge >= 0.3 is 0 Å². The van der Waals surface area contributed by atoms with Crippen molar-refractivity contribution in [1.82, 2.24) is 0 Å². The molecule has 0 radical (unpaired) electrons. The minimum atomic E-state index is -0.716. The maximum absolute atomic E-state index is 12.6. The van der Waals surface area contributed by atoms with Crippen molar-refractivity contribution in [3.05, 3.63) is 27.2 Å². The van der Waals surface area contributed by atoms with Gasteiger partial charge in [-0.25, -0.2) is 0 Å². The van der Waals surface area contributed by atoms with Crippen LogP contribution in [-0.2, 0) is 4.79 Å². The highest BCUT2D eigenvalue weighted by Gasteiger charge is 2.44. The van der Waals surface area contributed by atoms with Crippen LogP contribution in [0.25, 0.3) is 0 Å². The molecule has 0 aromatic heterocycles. The van der Waals surface area contributed by atoms with Gasteiger partial charge in [0.05, 0.1) is 16.1 Å². The van der Waals surface area contributed by atoms with Crippen molar-refractivity contribution < 1.29 is 4.79 Å². The Hall–Kier alpha value is -0.650. The number of anilines is 1. The summed E-state index contributed by atoms with van der Waals surface area (Å²) in [6.45, 7) is 1.91. The van der Waals surface area contributed by atoms with E-state index in [1.165, 1.54) is 0 Å². The summed E-state index contributed by atoms with van der Waals surface area (Å²) in [5.41, 5.74) is 6.69. The van der Waals surface area contributed by atoms with Gasteiger partial charge in [0.15, 0.2) is 0 Å². The first-order valence-corrected chi connectivity index (χ1v) is 8.02. The smallest absolute Gasteiger partial charge is 0.237 e. The third-order valence-electron chi connectivity index (χ3n) is 3.86. The zero-order valence-corrected chi connectivity index (χ0v) is 14.3. The number of nitrogens with one attached hydrogen (secondary N) is 1. The number of halogens is 2. The van der Waals surface area contributed by atoms with Crippen molar-refractivity contribution in [2.75, 3.05) is 5.32 Å². The predicted octanol–water partition coefficient (Wildman–Crippen LogP) is 4.20. The molecular weight excluding hydrogens is 360 g/mol. The molecule has 1 saturated carbocycles. The van der Waals surface area contributed by atoms with Crippen molar-refractivity contribution in [3.8, 4) is 0 Å². The van der Waals surface area contributed by atoms with E-state index in [2.05, 4.69) is 21.2 Å². The summed E-state index contributed by atoms with van der Waals surface area (Å²) in [4.78, 5) is 12.9. The number of nitrogens with two attached hydrogens (primary N) is 1. The fraction of sp³-hybridized carbons (Fsp3) is 0.429. The van der Waals surface area contributed by atoms with Crippen LogP contribution < -0.4 is 11.1 Å². The molecule has 1 fully saturated rings. The van der Waals surface area contributed by atoms with Gasteiger partial charge in [0.1, 0.15) is 0 Å². The molecular formula is C14H16BrClN2OS. The summed E-state index contributed by atoms with van der Waals surface area (Å²) in [7, 11) is 0. The SMILES string of the molecule is Cc1cc(Br)c(NC(=O)C2(C(N)=S)CCCC2)cc1Cl. The van der Waals surface area contributed by atoms with E-state index >= 15 is 0 Å². The molecule has 1 aliphatic carbocycles. The van der Waals surface area contributed by atoms with Crippen molar-refractivity contribution in [3.63, 3.8) is 0 Å². The predicted molar refractivity (Wildman–Crippen MR) is 90.2 cm³/mol. The van der Waals surface area contributed by atoms with Gasteiger partial charge in [0, 0.05) is 9.50 Å². The Labute approximate surface area is 137 Å². The molecule has 3 N–H and O–H groups in total. The number of carbonyl (C=O) groups excluding carboxylic acids is 1. The van der Waals surface area contributed by atoms with Gasteiger partial charge in [0.25, 0.3) is 0 Å². The second kappa shape index (κ2) is 6.00. The number of amides is 1. The fourth-order valence-corrected chi connectivity index (χ4v) is 3.57. The number of hydrogen-bond acceptors (Lipinski definition) is 2. The summed E-state index contributed by atoms with van der Waals surface area (Å²) in [5, 5.41) is 3.52. The van der Waals surface area contributed by atoms with E-state index in [0.29, 0.717) is 23.6 Å². The summed E-state index contributed by atoms with van der Waals surface area (Å²) in [5.74, 6) is -0.136. The number of benzene rings is 1. The molecule has 1 amide bonds. The summed E-state index contributed by atoms with van der Waals surface area (Å²) in [6.07, 6.45) is 3.37. The lowest BCUT2D eigenvalue weighted by atomic mass is 9.85. The third kappa shape index (κ3) is 2.85. The van der Waals surface area contributed by atoms with Gasteiger partial charge in [-0.1, -0.05) is 36.7 Å². The van der Waals surface area contributed by atoms with E-state index in [4.69, 9.17) is 29.6 Å². The first-order chi connectivity index (χ1) is 9.36. The molecule has 1 aliphatic rings. The highest BCUT2D eigenvalue weighted by Crippen LogP contribution is 2.40. The molecule has 6 heteroatoms. The van der Waals surface area contributed by atoms with Crippen LogP contribution in [0.2, 0.25) is 5.02 Å². The number of thiocarbonyl (C=S) groups is 1.